The van der Waals surface area contributed by atoms with Crippen molar-refractivity contribution in [1.82, 2.24) is 0 Å². The van der Waals surface area contributed by atoms with E-state index >= 15 is 0 Å². The van der Waals surface area contributed by atoms with Gasteiger partial charge in [0.2, 0.25) is 0 Å². The second kappa shape index (κ2) is 6.00. The molecular formula is C14H11BrFNO3. The lowest BCUT2D eigenvalue weighted by Gasteiger charge is -2.08. The van der Waals surface area contributed by atoms with E-state index in [1.165, 1.54) is 12.1 Å². The first kappa shape index (κ1) is 14.5. The number of nitrogens with zero attached hydrogens (tertiary/aromatic N) is 1. The zero-order valence-corrected chi connectivity index (χ0v) is 12.2. The Hall–Kier alpha value is -1.95. The molecule has 0 heterocycles. The molecule has 0 aliphatic rings. The zero-order valence-electron chi connectivity index (χ0n) is 10.6. The van der Waals surface area contributed by atoms with Gasteiger partial charge in [0.25, 0.3) is 5.69 Å². The van der Waals surface area contributed by atoms with Crippen LogP contribution in [0.5, 0.6) is 5.75 Å². The third-order valence-electron chi connectivity index (χ3n) is 2.75. The molecule has 4 nitrogen and oxygen atoms in total. The molecule has 0 amide bonds. The highest BCUT2D eigenvalue weighted by atomic mass is 79.9. The molecule has 2 aromatic carbocycles. The summed E-state index contributed by atoms with van der Waals surface area (Å²) >= 11 is 3.10. The minimum atomic E-state index is -0.434. The van der Waals surface area contributed by atoms with Crippen molar-refractivity contribution in [3.63, 3.8) is 0 Å². The summed E-state index contributed by atoms with van der Waals surface area (Å²) < 4.78 is 19.0. The van der Waals surface area contributed by atoms with Gasteiger partial charge in [0, 0.05) is 11.6 Å². The third kappa shape index (κ3) is 3.33. The first-order chi connectivity index (χ1) is 9.47. The number of hydrogen-bond acceptors (Lipinski definition) is 3. The molecular weight excluding hydrogens is 329 g/mol. The van der Waals surface area contributed by atoms with Crippen LogP contribution in [0.4, 0.5) is 10.1 Å². The van der Waals surface area contributed by atoms with Gasteiger partial charge in [0.15, 0.2) is 0 Å². The number of rotatable bonds is 4. The molecule has 2 rings (SSSR count). The summed E-state index contributed by atoms with van der Waals surface area (Å²) in [6.07, 6.45) is 0. The summed E-state index contributed by atoms with van der Waals surface area (Å²) in [5, 5.41) is 10.7. The Morgan fingerprint density at radius 1 is 1.30 bits per heavy atom. The van der Waals surface area contributed by atoms with Gasteiger partial charge in [-0.05, 0) is 52.7 Å². The van der Waals surface area contributed by atoms with Crippen molar-refractivity contribution in [3.05, 3.63) is 67.9 Å². The quantitative estimate of drug-likeness (QED) is 0.613. The lowest BCUT2D eigenvalue weighted by molar-refractivity contribution is -0.385. The molecule has 0 aliphatic carbocycles. The second-order valence-electron chi connectivity index (χ2n) is 4.24. The van der Waals surface area contributed by atoms with Gasteiger partial charge in [0.1, 0.15) is 18.2 Å². The maximum absolute atomic E-state index is 13.1. The van der Waals surface area contributed by atoms with Crippen molar-refractivity contribution in [2.24, 2.45) is 0 Å². The van der Waals surface area contributed by atoms with E-state index in [4.69, 9.17) is 4.74 Å². The van der Waals surface area contributed by atoms with E-state index in [0.717, 1.165) is 5.56 Å². The van der Waals surface area contributed by atoms with Crippen LogP contribution in [0.3, 0.4) is 0 Å². The van der Waals surface area contributed by atoms with Crippen LogP contribution in [0.1, 0.15) is 11.1 Å². The number of aryl methyl sites for hydroxylation is 1. The molecule has 6 heteroatoms. The van der Waals surface area contributed by atoms with E-state index in [1.807, 2.05) is 0 Å². The lowest BCUT2D eigenvalue weighted by Crippen LogP contribution is -1.97. The molecule has 20 heavy (non-hydrogen) atoms. The minimum absolute atomic E-state index is 0.0573. The summed E-state index contributed by atoms with van der Waals surface area (Å²) in [5.41, 5.74) is 1.39. The number of nitro groups is 1. The van der Waals surface area contributed by atoms with Gasteiger partial charge in [-0.15, -0.1) is 0 Å². The maximum atomic E-state index is 13.1. The van der Waals surface area contributed by atoms with Crippen LogP contribution in [-0.2, 0) is 6.61 Å². The van der Waals surface area contributed by atoms with E-state index in [1.54, 1.807) is 31.2 Å². The number of halogens is 2. The summed E-state index contributed by atoms with van der Waals surface area (Å²) in [6.45, 7) is 1.91. The molecule has 0 saturated carbocycles. The Labute approximate surface area is 123 Å². The van der Waals surface area contributed by atoms with Crippen LogP contribution in [0, 0.1) is 22.9 Å². The SMILES string of the molecule is Cc1cc(OCc2ccc(F)c(Br)c2)ccc1[N+](=O)[O-]. The Balaban J connectivity index is 2.09. The molecule has 0 spiro atoms. The average Bonchev–Trinajstić information content (AvgIpc) is 2.40. The zero-order chi connectivity index (χ0) is 14.7. The molecule has 0 aromatic heterocycles. The average molecular weight is 340 g/mol. The van der Waals surface area contributed by atoms with E-state index in [9.17, 15) is 14.5 Å². The lowest BCUT2D eigenvalue weighted by atomic mass is 10.2. The van der Waals surface area contributed by atoms with Crippen molar-refractivity contribution < 1.29 is 14.1 Å². The molecule has 0 bridgehead atoms. The number of nitro benzene ring substituents is 1. The minimum Gasteiger partial charge on any atom is -0.489 e. The van der Waals surface area contributed by atoms with Crippen LogP contribution in [0.15, 0.2) is 40.9 Å². The van der Waals surface area contributed by atoms with Crippen LogP contribution >= 0.6 is 15.9 Å². The highest BCUT2D eigenvalue weighted by Crippen LogP contribution is 2.24. The first-order valence-electron chi connectivity index (χ1n) is 5.79. The van der Waals surface area contributed by atoms with E-state index in [0.29, 0.717) is 15.8 Å². The van der Waals surface area contributed by atoms with Crippen LogP contribution in [0.2, 0.25) is 0 Å². The fourth-order valence-electron chi connectivity index (χ4n) is 1.72. The predicted molar refractivity (Wildman–Crippen MR) is 76.3 cm³/mol. The van der Waals surface area contributed by atoms with E-state index in [-0.39, 0.29) is 18.1 Å². The number of ether oxygens (including phenoxy) is 1. The van der Waals surface area contributed by atoms with Gasteiger partial charge in [-0.3, -0.25) is 10.1 Å². The van der Waals surface area contributed by atoms with Gasteiger partial charge in [-0.2, -0.15) is 0 Å². The highest BCUT2D eigenvalue weighted by molar-refractivity contribution is 9.10. The topological polar surface area (TPSA) is 52.4 Å². The smallest absolute Gasteiger partial charge is 0.272 e. The van der Waals surface area contributed by atoms with Gasteiger partial charge >= 0.3 is 0 Å². The van der Waals surface area contributed by atoms with E-state index < -0.39 is 4.92 Å². The molecule has 0 saturated heterocycles. The first-order valence-corrected chi connectivity index (χ1v) is 6.58. The van der Waals surface area contributed by atoms with Crippen molar-refractivity contribution >= 4 is 21.6 Å². The molecule has 2 aromatic rings. The monoisotopic (exact) mass is 339 g/mol. The summed E-state index contributed by atoms with van der Waals surface area (Å²) in [5.74, 6) is 0.202. The predicted octanol–water partition coefficient (Wildman–Crippen LogP) is 4.38. The highest BCUT2D eigenvalue weighted by Gasteiger charge is 2.10. The summed E-state index contributed by atoms with van der Waals surface area (Å²) in [6, 6.07) is 9.17. The molecule has 0 N–H and O–H groups in total. The summed E-state index contributed by atoms with van der Waals surface area (Å²) in [7, 11) is 0. The molecule has 0 fully saturated rings. The third-order valence-corrected chi connectivity index (χ3v) is 3.36. The van der Waals surface area contributed by atoms with Gasteiger partial charge < -0.3 is 4.74 Å². The van der Waals surface area contributed by atoms with Crippen LogP contribution in [-0.4, -0.2) is 4.92 Å². The van der Waals surface area contributed by atoms with Crippen molar-refractivity contribution in [2.45, 2.75) is 13.5 Å². The van der Waals surface area contributed by atoms with Gasteiger partial charge in [0.05, 0.1) is 9.40 Å². The largest absolute Gasteiger partial charge is 0.489 e. The molecule has 0 atom stereocenters. The van der Waals surface area contributed by atoms with Gasteiger partial charge in [-0.25, -0.2) is 4.39 Å². The Morgan fingerprint density at radius 2 is 2.05 bits per heavy atom. The number of benzene rings is 2. The Kier molecular flexibility index (Phi) is 4.34. The second-order valence-corrected chi connectivity index (χ2v) is 5.10. The normalized spacial score (nSPS) is 10.3. The molecule has 0 aliphatic heterocycles. The standard InChI is InChI=1S/C14H11BrFNO3/c1-9-6-11(3-5-14(9)17(18)19)20-8-10-2-4-13(16)12(15)7-10/h2-7H,8H2,1H3. The molecule has 0 unspecified atom stereocenters. The van der Waals surface area contributed by atoms with Crippen molar-refractivity contribution in [1.29, 1.82) is 0 Å². The van der Waals surface area contributed by atoms with Crippen molar-refractivity contribution in [3.8, 4) is 5.75 Å². The molecule has 0 radical (unpaired) electrons. The number of hydrogen-bond donors (Lipinski definition) is 0. The van der Waals surface area contributed by atoms with E-state index in [2.05, 4.69) is 15.9 Å². The Bertz CT molecular complexity index is 661. The van der Waals surface area contributed by atoms with Crippen LogP contribution in [0.25, 0.3) is 0 Å². The summed E-state index contributed by atoms with van der Waals surface area (Å²) in [4.78, 5) is 10.3. The van der Waals surface area contributed by atoms with Crippen molar-refractivity contribution in [2.75, 3.05) is 0 Å². The van der Waals surface area contributed by atoms with Crippen LogP contribution < -0.4 is 4.74 Å². The maximum Gasteiger partial charge on any atom is 0.272 e. The fraction of sp³-hybridized carbons (Fsp3) is 0.143. The Morgan fingerprint density at radius 3 is 2.65 bits per heavy atom. The molecule has 104 valence electrons. The van der Waals surface area contributed by atoms with Gasteiger partial charge in [-0.1, -0.05) is 6.07 Å². The fourth-order valence-corrected chi connectivity index (χ4v) is 2.14.